The number of pyridine rings is 3. The van der Waals surface area contributed by atoms with Crippen molar-refractivity contribution in [1.29, 1.82) is 0 Å². The van der Waals surface area contributed by atoms with E-state index in [1.807, 2.05) is 54.1 Å². The molecule has 0 N–H and O–H groups in total. The van der Waals surface area contributed by atoms with Gasteiger partial charge in [0.25, 0.3) is 0 Å². The minimum atomic E-state index is -0.557. The molecule has 291 valence electrons. The van der Waals surface area contributed by atoms with E-state index in [2.05, 4.69) is 243 Å². The van der Waals surface area contributed by atoms with E-state index in [1.165, 1.54) is 31.8 Å². The summed E-state index contributed by atoms with van der Waals surface area (Å²) in [6.45, 7) is 0. The van der Waals surface area contributed by atoms with Gasteiger partial charge in [-0.25, -0.2) is 0 Å². The summed E-state index contributed by atoms with van der Waals surface area (Å²) >= 11 is 1.82. The summed E-state index contributed by atoms with van der Waals surface area (Å²) in [5.41, 5.74) is 3.44. The van der Waals surface area contributed by atoms with Crippen LogP contribution in [0.2, 0.25) is 0 Å². The third kappa shape index (κ3) is 13.0. The van der Waals surface area contributed by atoms with Crippen LogP contribution in [0.1, 0.15) is 0 Å². The smallest absolute Gasteiger partial charge is 0.0720 e. The van der Waals surface area contributed by atoms with Gasteiger partial charge in [0.05, 0.1) is 16.3 Å². The maximum absolute atomic E-state index is 4.57. The number of benzene rings is 6. The molecule has 0 spiro atoms. The summed E-state index contributed by atoms with van der Waals surface area (Å²) in [6.07, 6.45) is 5.61. The second-order valence-corrected chi connectivity index (χ2v) is 19.1. The topological polar surface area (TPSA) is 38.7 Å². The Morgan fingerprint density at radius 2 is 0.407 bits per heavy atom. The molecule has 0 atom stereocenters. The van der Waals surface area contributed by atoms with E-state index >= 15 is 0 Å². The van der Waals surface area contributed by atoms with Crippen molar-refractivity contribution < 1.29 is 17.3 Å². The Labute approximate surface area is 366 Å². The molecular formula is C51H42ClN3P3Ru. The first kappa shape index (κ1) is 43.5. The van der Waals surface area contributed by atoms with Gasteiger partial charge in [-0.15, -0.1) is 0 Å². The summed E-state index contributed by atoms with van der Waals surface area (Å²) in [5, 5.41) is 8.01. The van der Waals surface area contributed by atoms with E-state index in [1.54, 1.807) is 0 Å². The van der Waals surface area contributed by atoms with Crippen molar-refractivity contribution in [2.45, 2.75) is 0 Å². The Kier molecular flexibility index (Phi) is 18.3. The van der Waals surface area contributed by atoms with Gasteiger partial charge in [-0.1, -0.05) is 200 Å². The zero-order valence-corrected chi connectivity index (χ0v) is 37.3. The maximum atomic E-state index is 4.57. The fourth-order valence-corrected chi connectivity index (χ4v) is 12.7. The summed E-state index contributed by atoms with van der Waals surface area (Å²) < 4.78 is 0. The first-order valence-electron chi connectivity index (χ1n) is 18.9. The molecule has 9 rings (SSSR count). The van der Waals surface area contributed by atoms with Crippen LogP contribution in [0.15, 0.2) is 255 Å². The molecule has 0 radical (unpaired) electrons. The fraction of sp³-hybridized carbons (Fsp3) is 0. The molecule has 0 saturated carbocycles. The van der Waals surface area contributed by atoms with Crippen molar-refractivity contribution >= 4 is 81.6 Å². The van der Waals surface area contributed by atoms with Crippen LogP contribution in [0.4, 0.5) is 0 Å². The molecule has 0 aliphatic heterocycles. The zero-order chi connectivity index (χ0) is 40.7. The van der Waals surface area contributed by atoms with E-state index < -0.39 is 23.8 Å². The molecule has 9 aromatic rings. The van der Waals surface area contributed by atoms with Crippen LogP contribution in [-0.2, 0) is 17.3 Å². The Balaban J connectivity index is 0.000000146. The summed E-state index contributed by atoms with van der Waals surface area (Å²) in [4.78, 5) is 13.7. The van der Waals surface area contributed by atoms with Crippen LogP contribution in [0, 0.1) is 0 Å². The predicted octanol–water partition coefficient (Wildman–Crippen LogP) is 9.21. The molecule has 59 heavy (non-hydrogen) atoms. The Hall–Kier alpha value is -5.03. The Morgan fingerprint density at radius 1 is 0.237 bits per heavy atom. The molecular weight excluding hydrogens is 884 g/mol. The van der Waals surface area contributed by atoms with E-state index in [-0.39, 0.29) is 0 Å². The summed E-state index contributed by atoms with van der Waals surface area (Å²) in [5.74, 6) is 0. The zero-order valence-electron chi connectivity index (χ0n) is 32.2. The Morgan fingerprint density at radius 3 is 0.559 bits per heavy atom. The van der Waals surface area contributed by atoms with Gasteiger partial charge < -0.3 is 0 Å². The minimum absolute atomic E-state index is 0.557. The number of rotatable bonds is 9. The average molecular weight is 926 g/mol. The molecule has 3 nitrogen and oxygen atoms in total. The van der Waals surface area contributed by atoms with Gasteiger partial charge in [0, 0.05) is 42.4 Å². The van der Waals surface area contributed by atoms with Crippen LogP contribution in [0.25, 0.3) is 0 Å². The van der Waals surface area contributed by atoms with Crippen LogP contribution >= 0.6 is 33.5 Å². The van der Waals surface area contributed by atoms with Crippen LogP contribution in [0.3, 0.4) is 0 Å². The quantitative estimate of drug-likeness (QED) is 0.107. The number of aromatic nitrogens is 3. The first-order chi connectivity index (χ1) is 29.3. The molecule has 3 aromatic heterocycles. The van der Waals surface area contributed by atoms with Crippen LogP contribution < -0.4 is 48.1 Å². The number of nitrogens with zero attached hydrogens (tertiary/aromatic N) is 3. The molecule has 0 amide bonds. The van der Waals surface area contributed by atoms with Crippen molar-refractivity contribution in [3.8, 4) is 0 Å². The van der Waals surface area contributed by atoms with Crippen LogP contribution in [-0.4, -0.2) is 15.0 Å². The van der Waals surface area contributed by atoms with Gasteiger partial charge in [0.2, 0.25) is 0 Å². The molecule has 6 aromatic carbocycles. The van der Waals surface area contributed by atoms with Crippen molar-refractivity contribution in [3.05, 3.63) is 255 Å². The van der Waals surface area contributed by atoms with E-state index in [0.29, 0.717) is 0 Å². The third-order valence-corrected chi connectivity index (χ3v) is 15.8. The molecule has 0 bridgehead atoms. The van der Waals surface area contributed by atoms with Crippen molar-refractivity contribution in [2.75, 3.05) is 0 Å². The third-order valence-electron chi connectivity index (χ3n) is 8.72. The molecule has 0 unspecified atom stereocenters. The Bertz CT molecular complexity index is 1880. The summed E-state index contributed by atoms with van der Waals surface area (Å²) in [6, 6.07) is 82.1. The summed E-state index contributed by atoms with van der Waals surface area (Å²) in [7, 11) is 2.90. The van der Waals surface area contributed by atoms with Crippen molar-refractivity contribution in [2.24, 2.45) is 0 Å². The van der Waals surface area contributed by atoms with Gasteiger partial charge in [-0.3, -0.25) is 15.0 Å². The average Bonchev–Trinajstić information content (AvgIpc) is 3.34. The monoisotopic (exact) mass is 926 g/mol. The SMILES string of the molecule is [Cl][Ru].c1ccc(P(c2ccccc2)c2ccccn2)cc1.c1ccc(P(c2ccccc2)c2ccccn2)cc1.c1ccc(P(c2ccccc2)c2ccccn2)cc1. The molecule has 3 heterocycles. The number of halogens is 1. The standard InChI is InChI=1S/3C17H14NP.ClH.Ru/c3*1-3-9-15(10-4-1)19(16-11-5-2-6-12-16)17-13-7-8-14-18-17;;/h3*1-14H;1H;/q;;;;+1/p-1. The van der Waals surface area contributed by atoms with Crippen LogP contribution in [0.5, 0.6) is 0 Å². The predicted molar refractivity (Wildman–Crippen MR) is 255 cm³/mol. The molecule has 0 aliphatic rings. The maximum Gasteiger partial charge on any atom is 0.0720 e. The molecule has 8 heteroatoms. The van der Waals surface area contributed by atoms with E-state index in [4.69, 9.17) is 0 Å². The molecule has 0 fully saturated rings. The molecule has 0 saturated heterocycles. The van der Waals surface area contributed by atoms with Gasteiger partial charge in [-0.2, -0.15) is 0 Å². The van der Waals surface area contributed by atoms with Crippen molar-refractivity contribution in [3.63, 3.8) is 0 Å². The first-order valence-corrected chi connectivity index (χ1v) is 25.2. The van der Waals surface area contributed by atoms with Gasteiger partial charge in [0.15, 0.2) is 0 Å². The fourth-order valence-electron chi connectivity index (χ4n) is 6.16. The normalized spacial score (nSPS) is 10.3. The number of hydrogen-bond acceptors (Lipinski definition) is 3. The minimum Gasteiger partial charge on any atom is -0.256 e. The number of hydrogen-bond donors (Lipinski definition) is 0. The van der Waals surface area contributed by atoms with Gasteiger partial charge >= 0.3 is 27.0 Å². The van der Waals surface area contributed by atoms with Gasteiger partial charge in [0.1, 0.15) is 0 Å². The molecule has 0 aliphatic carbocycles. The second kappa shape index (κ2) is 24.8. The van der Waals surface area contributed by atoms with E-state index in [0.717, 1.165) is 16.3 Å². The largest absolute Gasteiger partial charge is 0.256 e. The van der Waals surface area contributed by atoms with Crippen molar-refractivity contribution in [1.82, 2.24) is 15.0 Å². The second-order valence-electron chi connectivity index (χ2n) is 12.6. The van der Waals surface area contributed by atoms with Gasteiger partial charge in [-0.05, 0) is 68.2 Å². The van der Waals surface area contributed by atoms with E-state index in [9.17, 15) is 0 Å².